The van der Waals surface area contributed by atoms with Crippen molar-refractivity contribution >= 4 is 10.0 Å². The number of rotatable bonds is 7. The minimum Gasteiger partial charge on any atom is -0.495 e. The molecule has 1 N–H and O–H groups in total. The SMILES string of the molecule is COCCCNS(=O)(=O)c1cc(C)ccc1OC. The number of ether oxygens (including phenoxy) is 2. The van der Waals surface area contributed by atoms with Crippen molar-refractivity contribution in [2.24, 2.45) is 0 Å². The predicted octanol–water partition coefficient (Wildman–Crippen LogP) is 1.32. The Kier molecular flexibility index (Phi) is 5.58. The monoisotopic (exact) mass is 273 g/mol. The van der Waals surface area contributed by atoms with Crippen LogP contribution < -0.4 is 9.46 Å². The van der Waals surface area contributed by atoms with Crippen LogP contribution in [0.5, 0.6) is 5.75 Å². The van der Waals surface area contributed by atoms with Gasteiger partial charge in [-0.3, -0.25) is 0 Å². The fraction of sp³-hybridized carbons (Fsp3) is 0.500. The highest BCUT2D eigenvalue weighted by Gasteiger charge is 2.18. The van der Waals surface area contributed by atoms with Gasteiger partial charge in [0.1, 0.15) is 10.6 Å². The second-order valence-electron chi connectivity index (χ2n) is 3.90. The molecule has 0 saturated carbocycles. The number of benzene rings is 1. The molecule has 1 aromatic rings. The maximum atomic E-state index is 12.1. The van der Waals surface area contributed by atoms with Gasteiger partial charge in [-0.2, -0.15) is 0 Å². The van der Waals surface area contributed by atoms with Gasteiger partial charge < -0.3 is 9.47 Å². The zero-order chi connectivity index (χ0) is 13.6. The normalized spacial score (nSPS) is 11.5. The van der Waals surface area contributed by atoms with Crippen LogP contribution in [0.2, 0.25) is 0 Å². The Labute approximate surface area is 108 Å². The number of aryl methyl sites for hydroxylation is 1. The molecule has 0 aromatic heterocycles. The summed E-state index contributed by atoms with van der Waals surface area (Å²) in [6.07, 6.45) is 0.629. The van der Waals surface area contributed by atoms with Crippen LogP contribution in [0.1, 0.15) is 12.0 Å². The summed E-state index contributed by atoms with van der Waals surface area (Å²) in [6.45, 7) is 2.70. The summed E-state index contributed by atoms with van der Waals surface area (Å²) in [5.41, 5.74) is 0.869. The maximum absolute atomic E-state index is 12.1. The topological polar surface area (TPSA) is 64.6 Å². The van der Waals surface area contributed by atoms with E-state index in [0.29, 0.717) is 25.3 Å². The van der Waals surface area contributed by atoms with Crippen molar-refractivity contribution in [3.05, 3.63) is 23.8 Å². The summed E-state index contributed by atoms with van der Waals surface area (Å²) >= 11 is 0. The Morgan fingerprint density at radius 3 is 2.61 bits per heavy atom. The molecular formula is C12H19NO4S. The van der Waals surface area contributed by atoms with Crippen LogP contribution >= 0.6 is 0 Å². The van der Waals surface area contributed by atoms with Crippen LogP contribution in [0.25, 0.3) is 0 Å². The highest BCUT2D eigenvalue weighted by molar-refractivity contribution is 7.89. The first-order valence-electron chi connectivity index (χ1n) is 5.64. The second kappa shape index (κ2) is 6.72. The number of methoxy groups -OCH3 is 2. The van der Waals surface area contributed by atoms with Crippen molar-refractivity contribution in [3.63, 3.8) is 0 Å². The van der Waals surface area contributed by atoms with Crippen LogP contribution in [0, 0.1) is 6.92 Å². The van der Waals surface area contributed by atoms with Gasteiger partial charge in [-0.05, 0) is 31.0 Å². The minimum atomic E-state index is -3.54. The van der Waals surface area contributed by atoms with Gasteiger partial charge in [-0.25, -0.2) is 13.1 Å². The third kappa shape index (κ3) is 3.97. The van der Waals surface area contributed by atoms with Crippen molar-refractivity contribution in [1.82, 2.24) is 4.72 Å². The number of sulfonamides is 1. The molecule has 0 radical (unpaired) electrons. The Morgan fingerprint density at radius 1 is 1.28 bits per heavy atom. The van der Waals surface area contributed by atoms with E-state index in [2.05, 4.69) is 4.72 Å². The van der Waals surface area contributed by atoms with E-state index in [4.69, 9.17) is 9.47 Å². The maximum Gasteiger partial charge on any atom is 0.244 e. The molecule has 1 aromatic carbocycles. The van der Waals surface area contributed by atoms with Gasteiger partial charge in [0.25, 0.3) is 0 Å². The van der Waals surface area contributed by atoms with E-state index in [1.165, 1.54) is 7.11 Å². The fourth-order valence-corrected chi connectivity index (χ4v) is 2.82. The lowest BCUT2D eigenvalue weighted by Gasteiger charge is -2.11. The van der Waals surface area contributed by atoms with Crippen molar-refractivity contribution in [3.8, 4) is 5.75 Å². The summed E-state index contributed by atoms with van der Waals surface area (Å²) in [7, 11) is -0.502. The zero-order valence-electron chi connectivity index (χ0n) is 10.9. The third-order valence-corrected chi connectivity index (χ3v) is 3.91. The van der Waals surface area contributed by atoms with Gasteiger partial charge in [0.15, 0.2) is 0 Å². The molecule has 0 heterocycles. The van der Waals surface area contributed by atoms with Crippen LogP contribution in [0.3, 0.4) is 0 Å². The number of hydrogen-bond donors (Lipinski definition) is 1. The van der Waals surface area contributed by atoms with Gasteiger partial charge in [0.2, 0.25) is 10.0 Å². The van der Waals surface area contributed by atoms with E-state index in [0.717, 1.165) is 5.56 Å². The van der Waals surface area contributed by atoms with Gasteiger partial charge in [-0.15, -0.1) is 0 Å². The first kappa shape index (κ1) is 14.9. The third-order valence-electron chi connectivity index (χ3n) is 2.43. The van der Waals surface area contributed by atoms with Crippen LogP contribution in [0.4, 0.5) is 0 Å². The van der Waals surface area contributed by atoms with E-state index >= 15 is 0 Å². The molecule has 0 amide bonds. The molecule has 1 rings (SSSR count). The van der Waals surface area contributed by atoms with E-state index in [-0.39, 0.29) is 4.90 Å². The molecule has 0 aliphatic carbocycles. The fourth-order valence-electron chi connectivity index (χ4n) is 1.49. The van der Waals surface area contributed by atoms with Crippen LogP contribution in [-0.2, 0) is 14.8 Å². The van der Waals surface area contributed by atoms with E-state index in [9.17, 15) is 8.42 Å². The lowest BCUT2D eigenvalue weighted by atomic mass is 10.2. The van der Waals surface area contributed by atoms with Crippen LogP contribution in [-0.4, -0.2) is 35.8 Å². The van der Waals surface area contributed by atoms with Gasteiger partial charge >= 0.3 is 0 Å². The summed E-state index contributed by atoms with van der Waals surface area (Å²) in [5, 5.41) is 0. The Bertz CT molecular complexity index is 485. The van der Waals surface area contributed by atoms with Crippen molar-refractivity contribution in [2.45, 2.75) is 18.2 Å². The molecule has 0 saturated heterocycles. The highest BCUT2D eigenvalue weighted by atomic mass is 32.2. The molecule has 0 atom stereocenters. The lowest BCUT2D eigenvalue weighted by Crippen LogP contribution is -2.26. The first-order chi connectivity index (χ1) is 8.51. The standard InChI is InChI=1S/C12H19NO4S/c1-10-5-6-11(17-3)12(9-10)18(14,15)13-7-4-8-16-2/h5-6,9,13H,4,7-8H2,1-3H3. The summed E-state index contributed by atoms with van der Waals surface area (Å²) in [5.74, 6) is 0.347. The van der Waals surface area contributed by atoms with Crippen molar-refractivity contribution in [1.29, 1.82) is 0 Å². The van der Waals surface area contributed by atoms with Gasteiger partial charge in [-0.1, -0.05) is 6.07 Å². The summed E-state index contributed by atoms with van der Waals surface area (Å²) in [4.78, 5) is 0.169. The highest BCUT2D eigenvalue weighted by Crippen LogP contribution is 2.24. The van der Waals surface area contributed by atoms with E-state index in [1.54, 1.807) is 19.2 Å². The molecular weight excluding hydrogens is 254 g/mol. The predicted molar refractivity (Wildman–Crippen MR) is 69.4 cm³/mol. The molecule has 18 heavy (non-hydrogen) atoms. The average molecular weight is 273 g/mol. The molecule has 5 nitrogen and oxygen atoms in total. The second-order valence-corrected chi connectivity index (χ2v) is 5.63. The first-order valence-corrected chi connectivity index (χ1v) is 7.13. The summed E-state index contributed by atoms with van der Waals surface area (Å²) in [6, 6.07) is 5.05. The van der Waals surface area contributed by atoms with Gasteiger partial charge in [0.05, 0.1) is 7.11 Å². The summed E-state index contributed by atoms with van der Waals surface area (Å²) < 4.78 is 36.7. The quantitative estimate of drug-likeness (QED) is 0.761. The molecule has 102 valence electrons. The zero-order valence-corrected chi connectivity index (χ0v) is 11.7. The molecule has 0 unspecified atom stereocenters. The number of nitrogens with one attached hydrogen (secondary N) is 1. The Hall–Kier alpha value is -1.11. The molecule has 0 aliphatic heterocycles. The van der Waals surface area contributed by atoms with Crippen molar-refractivity contribution in [2.75, 3.05) is 27.4 Å². The van der Waals surface area contributed by atoms with Crippen molar-refractivity contribution < 1.29 is 17.9 Å². The smallest absolute Gasteiger partial charge is 0.244 e. The molecule has 0 fully saturated rings. The van der Waals surface area contributed by atoms with E-state index < -0.39 is 10.0 Å². The van der Waals surface area contributed by atoms with E-state index in [1.807, 2.05) is 13.0 Å². The minimum absolute atomic E-state index is 0.169. The number of hydrogen-bond acceptors (Lipinski definition) is 4. The molecule has 0 bridgehead atoms. The molecule has 0 spiro atoms. The molecule has 0 aliphatic rings. The Morgan fingerprint density at radius 2 is 2.00 bits per heavy atom. The molecule has 6 heteroatoms. The average Bonchev–Trinajstić information content (AvgIpc) is 2.35. The Balaban J connectivity index is 2.87. The van der Waals surface area contributed by atoms with Gasteiger partial charge in [0, 0.05) is 20.3 Å². The largest absolute Gasteiger partial charge is 0.495 e. The lowest BCUT2D eigenvalue weighted by molar-refractivity contribution is 0.196. The van der Waals surface area contributed by atoms with Crippen LogP contribution in [0.15, 0.2) is 23.1 Å².